The Morgan fingerprint density at radius 3 is 2.42 bits per heavy atom. The minimum Gasteiger partial charge on any atom is -0.507 e. The molecule has 0 spiro atoms. The number of allylic oxidation sites excluding steroid dienone is 3. The summed E-state index contributed by atoms with van der Waals surface area (Å²) in [6.45, 7) is 8.78. The van der Waals surface area contributed by atoms with E-state index in [0.717, 1.165) is 5.57 Å². The molecule has 26 heavy (non-hydrogen) atoms. The molecule has 1 aliphatic carbocycles. The number of Topliss-reactive ketones (excluding diaryl/α,β-unsaturated/α-hetero) is 1. The quantitative estimate of drug-likeness (QED) is 0.843. The maximum Gasteiger partial charge on any atom is 0.343 e. The zero-order valence-corrected chi connectivity index (χ0v) is 15.5. The average Bonchev–Trinajstić information content (AvgIpc) is 2.59. The molecular weight excluding hydrogens is 336 g/mol. The Morgan fingerprint density at radius 2 is 1.77 bits per heavy atom. The zero-order chi connectivity index (χ0) is 19.3. The van der Waals surface area contributed by atoms with Crippen molar-refractivity contribution in [3.63, 3.8) is 0 Å². The van der Waals surface area contributed by atoms with Gasteiger partial charge in [-0.1, -0.05) is 6.92 Å². The number of aliphatic hydroxyl groups is 1. The second-order valence-corrected chi connectivity index (χ2v) is 6.93. The highest BCUT2D eigenvalue weighted by atomic mass is 16.5. The molecule has 1 aliphatic heterocycles. The minimum absolute atomic E-state index is 0.0435. The fourth-order valence-corrected chi connectivity index (χ4v) is 3.44. The van der Waals surface area contributed by atoms with Gasteiger partial charge in [-0.15, -0.1) is 0 Å². The lowest BCUT2D eigenvalue weighted by molar-refractivity contribution is -0.112. The maximum atomic E-state index is 12.9. The molecule has 0 radical (unpaired) electrons. The highest BCUT2D eigenvalue weighted by Gasteiger charge is 2.38. The van der Waals surface area contributed by atoms with E-state index >= 15 is 0 Å². The molecule has 6 heteroatoms. The van der Waals surface area contributed by atoms with Crippen molar-refractivity contribution in [2.45, 2.75) is 47.1 Å². The molecule has 1 aromatic heterocycles. The lowest BCUT2D eigenvalue weighted by atomic mass is 9.76. The molecule has 138 valence electrons. The average molecular weight is 358 g/mol. The molecule has 0 bridgehead atoms. The lowest BCUT2D eigenvalue weighted by Gasteiger charge is -2.33. The van der Waals surface area contributed by atoms with Crippen LogP contribution in [0.4, 0.5) is 0 Å². The first-order valence-electron chi connectivity index (χ1n) is 8.51. The van der Waals surface area contributed by atoms with E-state index in [1.54, 1.807) is 20.8 Å². The van der Waals surface area contributed by atoms with E-state index in [9.17, 15) is 19.8 Å². The van der Waals surface area contributed by atoms with Gasteiger partial charge in [-0.3, -0.25) is 4.79 Å². The third-order valence-corrected chi connectivity index (χ3v) is 5.43. The van der Waals surface area contributed by atoms with Crippen LogP contribution in [0.3, 0.4) is 0 Å². The molecule has 2 heterocycles. The number of carbonyl (C=O) groups is 1. The fourth-order valence-electron chi connectivity index (χ4n) is 3.44. The second-order valence-electron chi connectivity index (χ2n) is 6.93. The van der Waals surface area contributed by atoms with Crippen molar-refractivity contribution in [1.82, 2.24) is 0 Å². The number of ether oxygens (including phenoxy) is 1. The Balaban J connectivity index is 2.15. The number of aromatic hydroxyl groups is 1. The van der Waals surface area contributed by atoms with E-state index in [1.165, 1.54) is 6.26 Å². The van der Waals surface area contributed by atoms with E-state index in [-0.39, 0.29) is 41.1 Å². The predicted molar refractivity (Wildman–Crippen MR) is 95.0 cm³/mol. The highest BCUT2D eigenvalue weighted by Crippen LogP contribution is 2.40. The molecule has 3 rings (SSSR count). The summed E-state index contributed by atoms with van der Waals surface area (Å²) < 4.78 is 10.7. The summed E-state index contributed by atoms with van der Waals surface area (Å²) >= 11 is 0. The first-order chi connectivity index (χ1) is 12.1. The van der Waals surface area contributed by atoms with Gasteiger partial charge in [0.2, 0.25) is 0 Å². The molecule has 0 amide bonds. The van der Waals surface area contributed by atoms with E-state index < -0.39 is 11.4 Å². The van der Waals surface area contributed by atoms with Gasteiger partial charge in [0.05, 0.1) is 17.4 Å². The standard InChI is InChI=1S/C20H22O6/c1-8-11(4)25-7-15-16(8)10(3)18(22)13(19(15)23)6-14-17(21)9(2)12(5)26-20(14)24/h7-8,11,21-22H,6H2,1-5H3/t8-,11-/m1/s1. The maximum absolute atomic E-state index is 12.9. The fraction of sp³-hybridized carbons (Fsp3) is 0.400. The van der Waals surface area contributed by atoms with Gasteiger partial charge in [0.15, 0.2) is 5.78 Å². The molecule has 2 aliphatic rings. The normalized spacial score (nSPS) is 23.0. The number of fused-ring (bicyclic) bond motifs is 1. The third-order valence-electron chi connectivity index (χ3n) is 5.43. The molecule has 0 fully saturated rings. The molecule has 2 atom stereocenters. The van der Waals surface area contributed by atoms with Gasteiger partial charge in [0.1, 0.15) is 23.4 Å². The van der Waals surface area contributed by atoms with Crippen LogP contribution < -0.4 is 5.63 Å². The third kappa shape index (κ3) is 2.57. The number of hydrogen-bond donors (Lipinski definition) is 2. The van der Waals surface area contributed by atoms with E-state index in [4.69, 9.17) is 9.15 Å². The summed E-state index contributed by atoms with van der Waals surface area (Å²) in [7, 11) is 0. The van der Waals surface area contributed by atoms with Crippen molar-refractivity contribution in [1.29, 1.82) is 0 Å². The zero-order valence-electron chi connectivity index (χ0n) is 15.5. The van der Waals surface area contributed by atoms with Crippen LogP contribution in [0.1, 0.15) is 37.7 Å². The summed E-state index contributed by atoms with van der Waals surface area (Å²) in [6, 6.07) is 0. The first-order valence-corrected chi connectivity index (χ1v) is 8.51. The van der Waals surface area contributed by atoms with Crippen LogP contribution in [-0.2, 0) is 16.0 Å². The monoisotopic (exact) mass is 358 g/mol. The molecule has 0 saturated heterocycles. The minimum atomic E-state index is -0.720. The highest BCUT2D eigenvalue weighted by molar-refractivity contribution is 6.13. The molecular formula is C20H22O6. The number of aryl methyl sites for hydroxylation is 1. The molecule has 0 saturated carbocycles. The number of carbonyl (C=O) groups excluding carboxylic acids is 1. The van der Waals surface area contributed by atoms with Gasteiger partial charge in [0, 0.05) is 23.5 Å². The Labute approximate surface area is 151 Å². The van der Waals surface area contributed by atoms with E-state index in [2.05, 4.69) is 0 Å². The van der Waals surface area contributed by atoms with Crippen LogP contribution in [0, 0.1) is 19.8 Å². The summed E-state index contributed by atoms with van der Waals surface area (Å²) in [5, 5.41) is 20.9. The molecule has 0 unspecified atom stereocenters. The summed E-state index contributed by atoms with van der Waals surface area (Å²) in [4.78, 5) is 25.1. The van der Waals surface area contributed by atoms with Crippen LogP contribution in [-0.4, -0.2) is 22.1 Å². The molecule has 2 N–H and O–H groups in total. The van der Waals surface area contributed by atoms with Gasteiger partial charge in [-0.05, 0) is 38.8 Å². The van der Waals surface area contributed by atoms with Crippen molar-refractivity contribution >= 4 is 5.78 Å². The van der Waals surface area contributed by atoms with Gasteiger partial charge in [-0.2, -0.15) is 0 Å². The Bertz CT molecular complexity index is 957. The Morgan fingerprint density at radius 1 is 1.12 bits per heavy atom. The topological polar surface area (TPSA) is 97.0 Å². The Hall–Kier alpha value is -2.76. The van der Waals surface area contributed by atoms with Crippen molar-refractivity contribution in [3.05, 3.63) is 61.6 Å². The summed E-state index contributed by atoms with van der Waals surface area (Å²) in [5.41, 5.74) is 1.44. The molecule has 6 nitrogen and oxygen atoms in total. The largest absolute Gasteiger partial charge is 0.507 e. The van der Waals surface area contributed by atoms with Crippen LogP contribution in [0.5, 0.6) is 5.75 Å². The van der Waals surface area contributed by atoms with Crippen LogP contribution in [0.25, 0.3) is 0 Å². The van der Waals surface area contributed by atoms with Gasteiger partial charge in [-0.25, -0.2) is 4.79 Å². The van der Waals surface area contributed by atoms with Crippen molar-refractivity contribution in [2.75, 3.05) is 0 Å². The number of rotatable bonds is 2. The van der Waals surface area contributed by atoms with E-state index in [0.29, 0.717) is 22.5 Å². The number of hydrogen-bond acceptors (Lipinski definition) is 6. The first kappa shape index (κ1) is 18.0. The van der Waals surface area contributed by atoms with Crippen LogP contribution in [0.15, 0.2) is 43.5 Å². The van der Waals surface area contributed by atoms with Crippen LogP contribution in [0.2, 0.25) is 0 Å². The molecule has 0 aromatic carbocycles. The second kappa shape index (κ2) is 6.20. The van der Waals surface area contributed by atoms with Gasteiger partial charge >= 0.3 is 5.63 Å². The van der Waals surface area contributed by atoms with Gasteiger partial charge < -0.3 is 19.4 Å². The van der Waals surface area contributed by atoms with Crippen molar-refractivity contribution < 1.29 is 24.2 Å². The lowest BCUT2D eigenvalue weighted by Crippen LogP contribution is -2.31. The van der Waals surface area contributed by atoms with Crippen molar-refractivity contribution in [3.8, 4) is 5.75 Å². The SMILES string of the molecule is CC1=C2C(=CO[C@H](C)[C@H]2C)C(=O)C(Cc2c(O)c(C)c(C)oc2=O)=C1O. The van der Waals surface area contributed by atoms with Crippen molar-refractivity contribution in [2.24, 2.45) is 5.92 Å². The summed E-state index contributed by atoms with van der Waals surface area (Å²) in [6.07, 6.45) is 1.09. The molecule has 1 aromatic rings. The predicted octanol–water partition coefficient (Wildman–Crippen LogP) is 3.15. The van der Waals surface area contributed by atoms with E-state index in [1.807, 2.05) is 13.8 Å². The number of aliphatic hydroxyl groups excluding tert-OH is 1. The Kier molecular flexibility index (Phi) is 4.30. The van der Waals surface area contributed by atoms with Crippen LogP contribution >= 0.6 is 0 Å². The number of ketones is 1. The smallest absolute Gasteiger partial charge is 0.343 e. The van der Waals surface area contributed by atoms with Gasteiger partial charge in [0.25, 0.3) is 0 Å². The summed E-state index contributed by atoms with van der Waals surface area (Å²) in [5.74, 6) is -0.508.